The molecule has 8 heteroatoms. The number of hydrogen-bond acceptors (Lipinski definition) is 6. The highest BCUT2D eigenvalue weighted by Crippen LogP contribution is 2.21. The minimum Gasteiger partial charge on any atom is -0.325 e. The van der Waals surface area contributed by atoms with Crippen LogP contribution in [0.1, 0.15) is 49.4 Å². The molecule has 0 radical (unpaired) electrons. The van der Waals surface area contributed by atoms with Crippen molar-refractivity contribution < 1.29 is 4.79 Å². The summed E-state index contributed by atoms with van der Waals surface area (Å²) in [6, 6.07) is 9.49. The van der Waals surface area contributed by atoms with Crippen LogP contribution in [0.15, 0.2) is 35.1 Å². The molecular weight excluding hydrogens is 392 g/mol. The summed E-state index contributed by atoms with van der Waals surface area (Å²) in [5, 5.41) is 8.03. The fraction of sp³-hybridized carbons (Fsp3) is 0.400. The monoisotopic (exact) mass is 416 g/mol. The van der Waals surface area contributed by atoms with E-state index in [1.54, 1.807) is 0 Å². The fourth-order valence-electron chi connectivity index (χ4n) is 2.69. The van der Waals surface area contributed by atoms with Gasteiger partial charge in [-0.1, -0.05) is 44.2 Å². The van der Waals surface area contributed by atoms with Crippen LogP contribution in [-0.4, -0.2) is 26.3 Å². The molecule has 0 bridgehead atoms. The van der Waals surface area contributed by atoms with Gasteiger partial charge in [0.05, 0.1) is 11.4 Å². The highest BCUT2D eigenvalue weighted by Gasteiger charge is 2.10. The van der Waals surface area contributed by atoms with Gasteiger partial charge in [0, 0.05) is 17.5 Å². The predicted octanol–water partition coefficient (Wildman–Crippen LogP) is 4.10. The van der Waals surface area contributed by atoms with Gasteiger partial charge in [0.15, 0.2) is 0 Å². The lowest BCUT2D eigenvalue weighted by Crippen LogP contribution is -2.16. The Kier molecular flexibility index (Phi) is 6.85. The zero-order valence-corrected chi connectivity index (χ0v) is 17.9. The second-order valence-electron chi connectivity index (χ2n) is 6.60. The van der Waals surface area contributed by atoms with Crippen molar-refractivity contribution >= 4 is 39.7 Å². The number of aromatic nitrogens is 3. The van der Waals surface area contributed by atoms with Gasteiger partial charge in [0.1, 0.15) is 5.01 Å². The van der Waals surface area contributed by atoms with Crippen LogP contribution in [-0.2, 0) is 17.0 Å². The van der Waals surface area contributed by atoms with E-state index >= 15 is 0 Å². The Balaban J connectivity index is 1.54. The van der Waals surface area contributed by atoms with E-state index in [4.69, 9.17) is 0 Å². The Labute approximate surface area is 172 Å². The van der Waals surface area contributed by atoms with E-state index in [-0.39, 0.29) is 11.5 Å². The third-order valence-corrected chi connectivity index (χ3v) is 6.52. The first-order valence-electron chi connectivity index (χ1n) is 9.36. The minimum atomic E-state index is -0.178. The van der Waals surface area contributed by atoms with Crippen LogP contribution in [0.25, 0.3) is 4.96 Å². The molecule has 1 atom stereocenters. The summed E-state index contributed by atoms with van der Waals surface area (Å²) >= 11 is 2.86. The molecule has 148 valence electrons. The molecule has 3 rings (SSSR count). The van der Waals surface area contributed by atoms with Crippen LogP contribution in [0.4, 0.5) is 5.69 Å². The molecule has 0 aliphatic heterocycles. The highest BCUT2D eigenvalue weighted by atomic mass is 32.2. The van der Waals surface area contributed by atoms with Crippen molar-refractivity contribution in [2.24, 2.45) is 0 Å². The van der Waals surface area contributed by atoms with Crippen LogP contribution >= 0.6 is 23.1 Å². The molecule has 28 heavy (non-hydrogen) atoms. The maximum Gasteiger partial charge on any atom is 0.275 e. The third-order valence-electron chi connectivity index (χ3n) is 4.50. The van der Waals surface area contributed by atoms with Crippen molar-refractivity contribution in [2.75, 3.05) is 11.1 Å². The Morgan fingerprint density at radius 1 is 1.29 bits per heavy atom. The number of fused-ring (bicyclic) bond motifs is 1. The molecule has 0 spiro atoms. The van der Waals surface area contributed by atoms with Gasteiger partial charge < -0.3 is 5.32 Å². The molecule has 2 aromatic heterocycles. The van der Waals surface area contributed by atoms with Gasteiger partial charge in [-0.15, -0.1) is 11.8 Å². The smallest absolute Gasteiger partial charge is 0.275 e. The second kappa shape index (κ2) is 9.34. The molecule has 0 unspecified atom stereocenters. The number of nitrogens with zero attached hydrogens (tertiary/aromatic N) is 3. The maximum atomic E-state index is 12.2. The fourth-order valence-corrected chi connectivity index (χ4v) is 4.26. The van der Waals surface area contributed by atoms with Crippen molar-refractivity contribution in [3.63, 3.8) is 0 Å². The quantitative estimate of drug-likeness (QED) is 0.598. The topological polar surface area (TPSA) is 76.4 Å². The van der Waals surface area contributed by atoms with Crippen LogP contribution in [0, 0.1) is 0 Å². The average molecular weight is 417 g/mol. The van der Waals surface area contributed by atoms with E-state index in [1.807, 2.05) is 19.1 Å². The minimum absolute atomic E-state index is 0.0647. The normalized spacial score (nSPS) is 12.2. The van der Waals surface area contributed by atoms with Crippen molar-refractivity contribution in [2.45, 2.75) is 45.3 Å². The maximum absolute atomic E-state index is 12.2. The molecule has 0 saturated carbocycles. The van der Waals surface area contributed by atoms with E-state index in [9.17, 15) is 9.59 Å². The summed E-state index contributed by atoms with van der Waals surface area (Å²) < 4.78 is 1.34. The van der Waals surface area contributed by atoms with Crippen LogP contribution in [0.2, 0.25) is 0 Å². The van der Waals surface area contributed by atoms with Crippen molar-refractivity contribution in [3.8, 4) is 0 Å². The Morgan fingerprint density at radius 2 is 2.04 bits per heavy atom. The average Bonchev–Trinajstić information content (AvgIpc) is 3.12. The molecule has 6 nitrogen and oxygen atoms in total. The Hall–Kier alpha value is -2.19. The Bertz CT molecular complexity index is 1010. The summed E-state index contributed by atoms with van der Waals surface area (Å²) in [7, 11) is 0. The second-order valence-corrected chi connectivity index (χ2v) is 8.63. The largest absolute Gasteiger partial charge is 0.325 e. The first-order chi connectivity index (χ1) is 13.5. The summed E-state index contributed by atoms with van der Waals surface area (Å²) in [5.74, 6) is 1.26. The zero-order valence-electron chi connectivity index (χ0n) is 16.3. The molecule has 0 fully saturated rings. The van der Waals surface area contributed by atoms with Gasteiger partial charge in [0.25, 0.3) is 5.56 Å². The first kappa shape index (κ1) is 20.5. The number of carbonyl (C=O) groups is 1. The van der Waals surface area contributed by atoms with Crippen molar-refractivity contribution in [1.82, 2.24) is 14.6 Å². The lowest BCUT2D eigenvalue weighted by atomic mass is 9.99. The number of thioether (sulfide) groups is 1. The van der Waals surface area contributed by atoms with Gasteiger partial charge >= 0.3 is 0 Å². The molecule has 0 aliphatic rings. The van der Waals surface area contributed by atoms with Gasteiger partial charge in [-0.25, -0.2) is 4.98 Å². The molecule has 2 heterocycles. The molecule has 1 amide bonds. The molecule has 0 saturated heterocycles. The van der Waals surface area contributed by atoms with Gasteiger partial charge in [0.2, 0.25) is 10.9 Å². The molecular formula is C20H24N4O2S2. The predicted molar refractivity (Wildman–Crippen MR) is 116 cm³/mol. The SMILES string of the molecule is CCc1nn2c(=O)cc(CSCC(=O)Nc3ccc([C@@H](C)CC)cc3)nc2s1. The van der Waals surface area contributed by atoms with Crippen LogP contribution < -0.4 is 10.9 Å². The number of aryl methyl sites for hydroxylation is 1. The number of benzene rings is 1. The summed E-state index contributed by atoms with van der Waals surface area (Å²) in [6.45, 7) is 6.35. The highest BCUT2D eigenvalue weighted by molar-refractivity contribution is 7.99. The van der Waals surface area contributed by atoms with Crippen LogP contribution in [0.5, 0.6) is 0 Å². The Morgan fingerprint density at radius 3 is 2.71 bits per heavy atom. The van der Waals surface area contributed by atoms with Crippen molar-refractivity contribution in [1.29, 1.82) is 0 Å². The van der Waals surface area contributed by atoms with E-state index < -0.39 is 0 Å². The lowest BCUT2D eigenvalue weighted by molar-refractivity contribution is -0.113. The van der Waals surface area contributed by atoms with Gasteiger partial charge in [-0.05, 0) is 36.5 Å². The molecule has 3 aromatic rings. The van der Waals surface area contributed by atoms with E-state index in [1.165, 1.54) is 39.2 Å². The van der Waals surface area contributed by atoms with E-state index in [0.29, 0.717) is 28.1 Å². The van der Waals surface area contributed by atoms with Crippen molar-refractivity contribution in [3.05, 3.63) is 57.0 Å². The summed E-state index contributed by atoms with van der Waals surface area (Å²) in [4.78, 5) is 29.4. The standard InChI is InChI=1S/C20H24N4O2S2/c1-4-13(3)14-6-8-15(9-7-14)21-17(25)12-27-11-16-10-19(26)24-20(22-16)28-18(5-2)23-24/h6-10,13H,4-5,11-12H2,1-3H3,(H,21,25)/t13-/m0/s1. The van der Waals surface area contributed by atoms with E-state index in [2.05, 4.69) is 41.4 Å². The third kappa shape index (κ3) is 4.99. The first-order valence-corrected chi connectivity index (χ1v) is 11.3. The lowest BCUT2D eigenvalue weighted by Gasteiger charge is -2.10. The van der Waals surface area contributed by atoms with E-state index in [0.717, 1.165) is 23.5 Å². The van der Waals surface area contributed by atoms with Crippen LogP contribution in [0.3, 0.4) is 0 Å². The number of rotatable bonds is 8. The molecule has 1 N–H and O–H groups in total. The molecule has 0 aliphatic carbocycles. The number of hydrogen-bond donors (Lipinski definition) is 1. The van der Waals surface area contributed by atoms with Gasteiger partial charge in [-0.2, -0.15) is 9.61 Å². The van der Waals surface area contributed by atoms with Gasteiger partial charge in [-0.3, -0.25) is 9.59 Å². The summed E-state index contributed by atoms with van der Waals surface area (Å²) in [5.41, 5.74) is 2.57. The summed E-state index contributed by atoms with van der Waals surface area (Å²) in [6.07, 6.45) is 1.86. The number of anilines is 1. The molecule has 1 aromatic carbocycles. The zero-order chi connectivity index (χ0) is 20.1. The number of carbonyl (C=O) groups excluding carboxylic acids is 1. The number of nitrogens with one attached hydrogen (secondary N) is 1. The number of amides is 1.